The average molecular weight is 244 g/mol. The second-order valence-electron chi connectivity index (χ2n) is 3.82. The van der Waals surface area contributed by atoms with Crippen LogP contribution < -0.4 is 10.1 Å². The number of methoxy groups -OCH3 is 1. The number of rotatable bonds is 6. The van der Waals surface area contributed by atoms with Gasteiger partial charge in [0.25, 0.3) is 0 Å². The van der Waals surface area contributed by atoms with Crippen molar-refractivity contribution in [1.29, 1.82) is 0 Å². The van der Waals surface area contributed by atoms with Gasteiger partial charge in [-0.3, -0.25) is 0 Å². The Morgan fingerprint density at radius 3 is 2.78 bits per heavy atom. The van der Waals surface area contributed by atoms with E-state index in [4.69, 9.17) is 4.74 Å². The van der Waals surface area contributed by atoms with E-state index >= 15 is 0 Å². The third-order valence-corrected chi connectivity index (χ3v) is 2.51. The first-order chi connectivity index (χ1) is 8.81. The molecule has 0 radical (unpaired) electrons. The van der Waals surface area contributed by atoms with Crippen molar-refractivity contribution in [1.82, 2.24) is 20.1 Å². The van der Waals surface area contributed by atoms with Gasteiger partial charge < -0.3 is 10.1 Å². The van der Waals surface area contributed by atoms with Crippen LogP contribution in [0, 0.1) is 0 Å². The monoisotopic (exact) mass is 244 g/mol. The number of nitrogens with one attached hydrogen (secondary N) is 1. The molecule has 94 valence electrons. The minimum atomic E-state index is 0.631. The highest BCUT2D eigenvalue weighted by Gasteiger charge is 1.98. The summed E-state index contributed by atoms with van der Waals surface area (Å²) in [5.41, 5.74) is 2.24. The summed E-state index contributed by atoms with van der Waals surface area (Å²) in [5.74, 6) is 0.631. The molecule has 2 aromatic rings. The van der Waals surface area contributed by atoms with Crippen molar-refractivity contribution in [3.8, 4) is 5.88 Å². The van der Waals surface area contributed by atoms with Gasteiger partial charge in [-0.1, -0.05) is 12.6 Å². The standard InChI is InChI=1S/C13H16N4O/c1-3-17-10-12(9-16-17)7-14-6-11-4-5-13(18-2)15-8-11/h3-5,8-10,14H,1,6-7H2,2H3. The summed E-state index contributed by atoms with van der Waals surface area (Å²) in [4.78, 5) is 4.15. The molecule has 0 aliphatic carbocycles. The summed E-state index contributed by atoms with van der Waals surface area (Å²) in [7, 11) is 1.61. The van der Waals surface area contributed by atoms with E-state index in [1.807, 2.05) is 24.5 Å². The summed E-state index contributed by atoms with van der Waals surface area (Å²) in [6.45, 7) is 5.17. The smallest absolute Gasteiger partial charge is 0.212 e. The molecule has 0 aliphatic heterocycles. The van der Waals surface area contributed by atoms with E-state index in [-0.39, 0.29) is 0 Å². The summed E-state index contributed by atoms with van der Waals surface area (Å²) in [5, 5.41) is 7.44. The number of nitrogens with zero attached hydrogens (tertiary/aromatic N) is 3. The molecule has 0 unspecified atom stereocenters. The maximum Gasteiger partial charge on any atom is 0.212 e. The highest BCUT2D eigenvalue weighted by atomic mass is 16.5. The van der Waals surface area contributed by atoms with Gasteiger partial charge in [0, 0.05) is 43.3 Å². The van der Waals surface area contributed by atoms with Crippen LogP contribution >= 0.6 is 0 Å². The highest BCUT2D eigenvalue weighted by molar-refractivity contribution is 5.19. The molecule has 0 aliphatic rings. The zero-order valence-corrected chi connectivity index (χ0v) is 10.3. The van der Waals surface area contributed by atoms with Gasteiger partial charge >= 0.3 is 0 Å². The van der Waals surface area contributed by atoms with Gasteiger partial charge in [-0.05, 0) is 5.56 Å². The molecular weight excluding hydrogens is 228 g/mol. The van der Waals surface area contributed by atoms with Crippen molar-refractivity contribution in [2.24, 2.45) is 0 Å². The summed E-state index contributed by atoms with van der Waals surface area (Å²) in [6, 6.07) is 3.85. The van der Waals surface area contributed by atoms with Crippen LogP contribution in [0.4, 0.5) is 0 Å². The predicted octanol–water partition coefficient (Wildman–Crippen LogP) is 1.68. The van der Waals surface area contributed by atoms with E-state index in [1.165, 1.54) is 0 Å². The molecular formula is C13H16N4O. The van der Waals surface area contributed by atoms with Crippen LogP contribution in [0.5, 0.6) is 5.88 Å². The lowest BCUT2D eigenvalue weighted by molar-refractivity contribution is 0.397. The minimum absolute atomic E-state index is 0.631. The summed E-state index contributed by atoms with van der Waals surface area (Å²) < 4.78 is 6.69. The van der Waals surface area contributed by atoms with Crippen LogP contribution in [0.2, 0.25) is 0 Å². The maximum atomic E-state index is 5.01. The van der Waals surface area contributed by atoms with Crippen LogP contribution in [0.25, 0.3) is 6.20 Å². The van der Waals surface area contributed by atoms with Crippen molar-refractivity contribution in [3.05, 3.63) is 48.4 Å². The van der Waals surface area contributed by atoms with Gasteiger partial charge in [0.1, 0.15) is 0 Å². The largest absolute Gasteiger partial charge is 0.481 e. The Morgan fingerprint density at radius 2 is 2.17 bits per heavy atom. The number of hydrogen-bond acceptors (Lipinski definition) is 4. The van der Waals surface area contributed by atoms with Crippen LogP contribution in [-0.2, 0) is 13.1 Å². The van der Waals surface area contributed by atoms with Gasteiger partial charge in [-0.25, -0.2) is 9.67 Å². The van der Waals surface area contributed by atoms with Crippen LogP contribution in [0.3, 0.4) is 0 Å². The van der Waals surface area contributed by atoms with Gasteiger partial charge in [0.15, 0.2) is 0 Å². The first-order valence-corrected chi connectivity index (χ1v) is 5.67. The quantitative estimate of drug-likeness (QED) is 0.840. The van der Waals surface area contributed by atoms with Crippen LogP contribution in [0.1, 0.15) is 11.1 Å². The molecule has 0 atom stereocenters. The Kier molecular flexibility index (Phi) is 4.09. The Balaban J connectivity index is 1.82. The average Bonchev–Trinajstić information content (AvgIpc) is 2.87. The van der Waals surface area contributed by atoms with Gasteiger partial charge in [0.2, 0.25) is 5.88 Å². The fourth-order valence-electron chi connectivity index (χ4n) is 1.56. The molecule has 0 aromatic carbocycles. The first kappa shape index (κ1) is 12.3. The molecule has 2 heterocycles. The number of ether oxygens (including phenoxy) is 1. The van der Waals surface area contributed by atoms with E-state index in [0.717, 1.165) is 24.2 Å². The molecule has 0 bridgehead atoms. The zero-order valence-electron chi connectivity index (χ0n) is 10.3. The number of aromatic nitrogens is 3. The van der Waals surface area contributed by atoms with Crippen molar-refractivity contribution < 1.29 is 4.74 Å². The summed E-state index contributed by atoms with van der Waals surface area (Å²) >= 11 is 0. The molecule has 0 spiro atoms. The molecule has 18 heavy (non-hydrogen) atoms. The Hall–Kier alpha value is -2.14. The lowest BCUT2D eigenvalue weighted by atomic mass is 10.2. The highest BCUT2D eigenvalue weighted by Crippen LogP contribution is 2.06. The molecule has 5 nitrogen and oxygen atoms in total. The topological polar surface area (TPSA) is 52.0 Å². The van der Waals surface area contributed by atoms with Crippen molar-refractivity contribution in [2.75, 3.05) is 7.11 Å². The summed E-state index contributed by atoms with van der Waals surface area (Å²) in [6.07, 6.45) is 7.23. The van der Waals surface area contributed by atoms with E-state index in [1.54, 1.807) is 24.2 Å². The van der Waals surface area contributed by atoms with Crippen molar-refractivity contribution >= 4 is 6.20 Å². The Morgan fingerprint density at radius 1 is 1.33 bits per heavy atom. The second kappa shape index (κ2) is 5.97. The van der Waals surface area contributed by atoms with Gasteiger partial charge in [0.05, 0.1) is 13.3 Å². The fraction of sp³-hybridized carbons (Fsp3) is 0.231. The van der Waals surface area contributed by atoms with E-state index in [0.29, 0.717) is 5.88 Å². The van der Waals surface area contributed by atoms with E-state index in [9.17, 15) is 0 Å². The Labute approximate surface area is 106 Å². The Bertz CT molecular complexity index is 504. The molecule has 2 aromatic heterocycles. The van der Waals surface area contributed by atoms with E-state index < -0.39 is 0 Å². The third kappa shape index (κ3) is 3.18. The second-order valence-corrected chi connectivity index (χ2v) is 3.82. The van der Waals surface area contributed by atoms with Crippen LogP contribution in [0.15, 0.2) is 37.3 Å². The minimum Gasteiger partial charge on any atom is -0.481 e. The molecule has 1 N–H and O–H groups in total. The lowest BCUT2D eigenvalue weighted by Gasteiger charge is -2.04. The molecule has 0 amide bonds. The first-order valence-electron chi connectivity index (χ1n) is 5.67. The zero-order chi connectivity index (χ0) is 12.8. The maximum absolute atomic E-state index is 5.01. The third-order valence-electron chi connectivity index (χ3n) is 2.51. The van der Waals surface area contributed by atoms with Crippen molar-refractivity contribution in [3.63, 3.8) is 0 Å². The van der Waals surface area contributed by atoms with Crippen molar-refractivity contribution in [2.45, 2.75) is 13.1 Å². The molecule has 0 fully saturated rings. The molecule has 0 saturated carbocycles. The SMILES string of the molecule is C=Cn1cc(CNCc2ccc(OC)nc2)cn1. The van der Waals surface area contributed by atoms with Gasteiger partial charge in [-0.2, -0.15) is 5.10 Å². The molecule has 0 saturated heterocycles. The number of pyridine rings is 1. The molecule has 5 heteroatoms. The normalized spacial score (nSPS) is 10.3. The van der Waals surface area contributed by atoms with E-state index in [2.05, 4.69) is 22.0 Å². The number of hydrogen-bond donors (Lipinski definition) is 1. The van der Waals surface area contributed by atoms with Crippen LogP contribution in [-0.4, -0.2) is 21.9 Å². The lowest BCUT2D eigenvalue weighted by Crippen LogP contribution is -2.12. The fourth-order valence-corrected chi connectivity index (χ4v) is 1.56. The predicted molar refractivity (Wildman–Crippen MR) is 69.9 cm³/mol. The van der Waals surface area contributed by atoms with Gasteiger partial charge in [-0.15, -0.1) is 0 Å². The molecule has 2 rings (SSSR count).